The summed E-state index contributed by atoms with van der Waals surface area (Å²) in [6.45, 7) is 6.37. The Morgan fingerprint density at radius 1 is 0.431 bits per heavy atom. The predicted octanol–water partition coefficient (Wildman–Crippen LogP) is -6.17. The van der Waals surface area contributed by atoms with Crippen molar-refractivity contribution in [2.45, 2.75) is 0 Å². The van der Waals surface area contributed by atoms with Crippen LogP contribution in [0.4, 0.5) is 0 Å². The topological polar surface area (TPSA) is 291 Å². The molecule has 26 heteroatoms. The van der Waals surface area contributed by atoms with Crippen molar-refractivity contribution >= 4 is 47.8 Å². The molecule has 0 radical (unpaired) electrons. The molecule has 0 unspecified atom stereocenters. The van der Waals surface area contributed by atoms with Crippen molar-refractivity contribution in [1.29, 1.82) is 0 Å². The number of nitrogens with zero attached hydrogens (tertiary/aromatic N) is 7. The van der Waals surface area contributed by atoms with Crippen LogP contribution in [0.3, 0.4) is 0 Å². The molecule has 0 heterocycles. The summed E-state index contributed by atoms with van der Waals surface area (Å²) in [4.78, 5) is 107. The molecule has 0 saturated heterocycles. The monoisotopic (exact) mass is 1180 g/mol. The van der Waals surface area contributed by atoms with E-state index >= 15 is 0 Å². The fraction of sp³-hybridized carbons (Fsp3) is 0.795. The molecule has 0 aromatic heterocycles. The largest absolute Gasteiger partial charge is 0.522 e. The Bertz CT molecular complexity index is 1370. The number of carbonyl (C=O) groups excluding carboxylic acids is 8. The minimum atomic E-state index is -0.575. The number of rotatable bonds is 40. The third-order valence-corrected chi connectivity index (χ3v) is 8.98. The zero-order valence-electron chi connectivity index (χ0n) is 39.0. The van der Waals surface area contributed by atoms with E-state index in [9.17, 15) is 38.4 Å². The molecule has 65 heavy (non-hydrogen) atoms. The number of hydrogen-bond donors (Lipinski definition) is 4. The summed E-state index contributed by atoms with van der Waals surface area (Å²) in [5, 5.41) is 4.74. The fourth-order valence-corrected chi connectivity index (χ4v) is 5.02. The van der Waals surface area contributed by atoms with Crippen molar-refractivity contribution in [3.63, 3.8) is 0 Å². The standard InChI is InChI=1S/C39H74N11O14.Fm/c1-44(26-33(52)43-9-13-59-15-17-61-19-21-63-23-24-64-22-20-62-18-16-60-14-12-50(10-7-40)11-8-41)35(54)28-46(3)37(56)30-48(5)39(58)31-49(6)38(57)29-47(4)36(55)27-45(2)34(53)25-42-32-51;/h7-31,40-41H2,1-6H3,(H,42,51)(H,43,52);/q-1;. The summed E-state index contributed by atoms with van der Waals surface area (Å²) >= 11 is 0. The average Bonchev–Trinajstić information content (AvgIpc) is 3.25. The molecule has 8 amide bonds. The van der Waals surface area contributed by atoms with E-state index in [-0.39, 0.29) is 52.4 Å². The smallest absolute Gasteiger partial charge is 0.242 e. The van der Waals surface area contributed by atoms with Crippen LogP contribution in [-0.2, 0) is 66.8 Å². The minimum absolute atomic E-state index is 0. The maximum Gasteiger partial charge on any atom is 0.242 e. The first-order chi connectivity index (χ1) is 30.6. The van der Waals surface area contributed by atoms with Crippen molar-refractivity contribution < 1.29 is 66.8 Å². The number of ether oxygens (including phenoxy) is 6. The molecule has 0 aliphatic heterocycles. The molecule has 25 nitrogen and oxygen atoms in total. The van der Waals surface area contributed by atoms with Crippen molar-refractivity contribution in [2.75, 3.05) is 207 Å². The summed E-state index contributed by atoms with van der Waals surface area (Å²) in [7, 11) is 8.23. The van der Waals surface area contributed by atoms with Gasteiger partial charge < -0.3 is 84.7 Å². The van der Waals surface area contributed by atoms with Crippen LogP contribution in [0, 0.1) is 0 Å². The van der Waals surface area contributed by atoms with E-state index in [0.717, 1.165) is 49.0 Å². The molecule has 0 rings (SSSR count). The Labute approximate surface area is 377 Å². The fourth-order valence-electron chi connectivity index (χ4n) is 5.02. The van der Waals surface area contributed by atoms with Crippen molar-refractivity contribution in [3.05, 3.63) is 0 Å². The number of nitrogens with one attached hydrogen (secondary N) is 2. The molecule has 0 spiro atoms. The molecule has 0 aromatic rings. The Kier molecular flexibility index (Phi) is 36.7. The molecular formula is C39H74FmN11O14-. The van der Waals surface area contributed by atoms with Gasteiger partial charge in [-0.05, 0) is 0 Å². The predicted molar refractivity (Wildman–Crippen MR) is 232 cm³/mol. The van der Waals surface area contributed by atoms with Crippen molar-refractivity contribution in [3.8, 4) is 0 Å². The van der Waals surface area contributed by atoms with Crippen LogP contribution in [0.15, 0.2) is 0 Å². The van der Waals surface area contributed by atoms with Crippen molar-refractivity contribution in [2.24, 2.45) is 11.5 Å². The van der Waals surface area contributed by atoms with Gasteiger partial charge in [-0.2, -0.15) is 6.41 Å². The van der Waals surface area contributed by atoms with Gasteiger partial charge in [-0.1, -0.05) is 0 Å². The quantitative estimate of drug-likeness (QED) is 0.0252. The Morgan fingerprint density at radius 2 is 0.723 bits per heavy atom. The molecule has 0 fully saturated rings. The maximum atomic E-state index is 12.8. The van der Waals surface area contributed by atoms with Crippen LogP contribution in [0.5, 0.6) is 0 Å². The third-order valence-electron chi connectivity index (χ3n) is 8.98. The minimum Gasteiger partial charge on any atom is -0.522 e. The SMILES string of the molecule is CN(CC(=O)NCCOCCOCCOCCOCCOCCOCCN(CCN)CCN)C(=O)CN(C)C(=O)CN(C)C(=O)CN(C)C(=O)CN(C)C(=O)CN(C)C(=O)CN[C-]=O.[Fm]. The average molecular weight is 1180 g/mol. The molecule has 0 aliphatic carbocycles. The van der Waals surface area contributed by atoms with Gasteiger partial charge in [0, 0.05) is 81.6 Å². The van der Waals surface area contributed by atoms with Crippen LogP contribution in [0.25, 0.3) is 0 Å². The summed E-state index contributed by atoms with van der Waals surface area (Å²) in [6, 6.07) is 0. The Balaban J connectivity index is 0. The van der Waals surface area contributed by atoms with Crippen molar-refractivity contribution in [1.82, 2.24) is 44.9 Å². The van der Waals surface area contributed by atoms with E-state index in [2.05, 4.69) is 15.5 Å². The molecule has 0 saturated carbocycles. The first-order valence-corrected chi connectivity index (χ1v) is 21.0. The molecule has 0 aromatic carbocycles. The summed E-state index contributed by atoms with van der Waals surface area (Å²) in [5.41, 5.74) is 11.2. The van der Waals surface area contributed by atoms with Gasteiger partial charge in [-0.15, -0.1) is 0 Å². The molecule has 6 N–H and O–H groups in total. The summed E-state index contributed by atoms with van der Waals surface area (Å²) < 4.78 is 32.9. The van der Waals surface area contributed by atoms with Crippen LogP contribution in [0.1, 0.15) is 0 Å². The van der Waals surface area contributed by atoms with E-state index in [1.807, 2.05) is 0 Å². The Morgan fingerprint density at radius 3 is 1.05 bits per heavy atom. The number of carbonyl (C=O) groups is 7. The molecule has 0 aliphatic rings. The van der Waals surface area contributed by atoms with Crippen LogP contribution < -0.4 is 22.1 Å². The molecule has 0 bridgehead atoms. The maximum absolute atomic E-state index is 12.8. The van der Waals surface area contributed by atoms with Gasteiger partial charge in [0.15, 0.2) is 0 Å². The van der Waals surface area contributed by atoms with Gasteiger partial charge in [0.1, 0.15) is 0 Å². The van der Waals surface area contributed by atoms with Gasteiger partial charge in [0.25, 0.3) is 0 Å². The molecule has 0 atom stereocenters. The summed E-state index contributed by atoms with van der Waals surface area (Å²) in [5.74, 6) is -3.72. The van der Waals surface area contributed by atoms with Gasteiger partial charge >= 0.3 is 0 Å². The second-order valence-corrected chi connectivity index (χ2v) is 14.4. The van der Waals surface area contributed by atoms with E-state index < -0.39 is 47.9 Å². The van der Waals surface area contributed by atoms with E-state index in [0.29, 0.717) is 85.8 Å². The zero-order chi connectivity index (χ0) is 48.1. The number of nitrogens with two attached hydrogens (primary N) is 2. The van der Waals surface area contributed by atoms with Crippen LogP contribution in [0.2, 0.25) is 0 Å². The van der Waals surface area contributed by atoms with Gasteiger partial charge in [0.05, 0.1) is 125 Å². The first-order valence-electron chi connectivity index (χ1n) is 21.0. The Hall–Kier alpha value is -5.60. The second-order valence-electron chi connectivity index (χ2n) is 14.4. The van der Waals surface area contributed by atoms with E-state index in [1.54, 1.807) is 0 Å². The summed E-state index contributed by atoms with van der Waals surface area (Å²) in [6.07, 6.45) is 1.36. The van der Waals surface area contributed by atoms with Gasteiger partial charge in [-0.3, -0.25) is 38.5 Å². The number of amides is 8. The van der Waals surface area contributed by atoms with E-state index in [1.165, 1.54) is 48.7 Å². The normalized spacial score (nSPS) is 10.7. The van der Waals surface area contributed by atoms with Crippen LogP contribution >= 0.6 is 0 Å². The number of likely N-dealkylation sites (N-methyl/N-ethyl adjacent to an activating group) is 6. The van der Waals surface area contributed by atoms with Gasteiger partial charge in [0.2, 0.25) is 41.4 Å². The van der Waals surface area contributed by atoms with Gasteiger partial charge in [-0.25, -0.2) is 0 Å². The molecule has 382 valence electrons. The van der Waals surface area contributed by atoms with E-state index in [4.69, 9.17) is 39.9 Å². The zero-order valence-corrected chi connectivity index (χ0v) is 41.4. The number of hydrogen-bond acceptors (Lipinski definition) is 17. The van der Waals surface area contributed by atoms with Crippen LogP contribution in [-0.4, -0.2) is 289 Å². The molecular weight excluding hydrogens is 1100 g/mol. The first kappa shape index (κ1) is 61.5. The second kappa shape index (κ2) is 38.8. The third kappa shape index (κ3) is 31.8.